The molecule has 0 saturated carbocycles. The molecule has 0 bridgehead atoms. The van der Waals surface area contributed by atoms with Gasteiger partial charge in [0.25, 0.3) is 0 Å². The molecular formula is C7H7O2. The third kappa shape index (κ3) is 1.13. The highest BCUT2D eigenvalue weighted by atomic mass is 16.3. The van der Waals surface area contributed by atoms with Gasteiger partial charge in [0.2, 0.25) is 0 Å². The fourth-order valence-corrected chi connectivity index (χ4v) is 0.552. The summed E-state index contributed by atoms with van der Waals surface area (Å²) in [7, 11) is 0. The summed E-state index contributed by atoms with van der Waals surface area (Å²) in [4.78, 5) is 0. The van der Waals surface area contributed by atoms with Crippen LogP contribution in [0.3, 0.4) is 0 Å². The van der Waals surface area contributed by atoms with Gasteiger partial charge in [0, 0.05) is 6.07 Å². The molecule has 0 amide bonds. The zero-order chi connectivity index (χ0) is 6.85. The van der Waals surface area contributed by atoms with E-state index in [1.807, 2.05) is 0 Å². The standard InChI is InChI=1S/C7H7O2/c1-5-2-3-6(8)4-7(5)9/h2-4,8-9H,1H2. The first-order valence-corrected chi connectivity index (χ1v) is 2.54. The lowest BCUT2D eigenvalue weighted by Crippen LogP contribution is -1.71. The molecule has 0 heterocycles. The maximum absolute atomic E-state index is 8.88. The number of rotatable bonds is 0. The van der Waals surface area contributed by atoms with Crippen LogP contribution in [0.4, 0.5) is 0 Å². The second-order valence-corrected chi connectivity index (χ2v) is 1.81. The fourth-order valence-electron chi connectivity index (χ4n) is 0.552. The minimum Gasteiger partial charge on any atom is -0.508 e. The molecule has 0 fully saturated rings. The van der Waals surface area contributed by atoms with E-state index in [1.165, 1.54) is 12.1 Å². The summed E-state index contributed by atoms with van der Waals surface area (Å²) < 4.78 is 0. The molecule has 0 aliphatic heterocycles. The molecule has 0 spiro atoms. The average molecular weight is 123 g/mol. The van der Waals surface area contributed by atoms with Gasteiger partial charge in [-0.05, 0) is 18.6 Å². The van der Waals surface area contributed by atoms with Gasteiger partial charge in [-0.2, -0.15) is 0 Å². The van der Waals surface area contributed by atoms with Crippen LogP contribution in [0.2, 0.25) is 0 Å². The summed E-state index contributed by atoms with van der Waals surface area (Å²) in [5.74, 6) is 0.0786. The fraction of sp³-hybridized carbons (Fsp3) is 0. The molecule has 0 aliphatic rings. The number of hydrogen-bond donors (Lipinski definition) is 2. The van der Waals surface area contributed by atoms with Crippen molar-refractivity contribution in [3.05, 3.63) is 30.7 Å². The van der Waals surface area contributed by atoms with Crippen molar-refractivity contribution in [3.8, 4) is 11.5 Å². The predicted molar refractivity (Wildman–Crippen MR) is 34.2 cm³/mol. The molecule has 2 nitrogen and oxygen atoms in total. The lowest BCUT2D eigenvalue weighted by atomic mass is 10.2. The number of aromatic hydroxyl groups is 2. The smallest absolute Gasteiger partial charge is 0.122 e. The third-order valence-electron chi connectivity index (χ3n) is 1.07. The first kappa shape index (κ1) is 5.95. The van der Waals surface area contributed by atoms with E-state index in [4.69, 9.17) is 10.2 Å². The summed E-state index contributed by atoms with van der Waals surface area (Å²) in [6.45, 7) is 3.50. The van der Waals surface area contributed by atoms with Crippen LogP contribution in [0, 0.1) is 6.92 Å². The minimum atomic E-state index is 0.0231. The van der Waals surface area contributed by atoms with Crippen LogP contribution in [-0.4, -0.2) is 10.2 Å². The lowest BCUT2D eigenvalue weighted by molar-refractivity contribution is 0.449. The number of phenolic OH excluding ortho intramolecular Hbond substituents is 2. The third-order valence-corrected chi connectivity index (χ3v) is 1.07. The van der Waals surface area contributed by atoms with Gasteiger partial charge in [-0.25, -0.2) is 0 Å². The Morgan fingerprint density at radius 3 is 2.33 bits per heavy atom. The lowest BCUT2D eigenvalue weighted by Gasteiger charge is -1.96. The van der Waals surface area contributed by atoms with Crippen LogP contribution < -0.4 is 0 Å². The molecule has 0 aromatic heterocycles. The van der Waals surface area contributed by atoms with E-state index in [2.05, 4.69) is 6.92 Å². The Bertz CT molecular complexity index is 218. The van der Waals surface area contributed by atoms with Crippen molar-refractivity contribution in [1.82, 2.24) is 0 Å². The van der Waals surface area contributed by atoms with Crippen LogP contribution in [0.5, 0.6) is 11.5 Å². The van der Waals surface area contributed by atoms with E-state index in [0.717, 1.165) is 0 Å². The number of benzene rings is 1. The van der Waals surface area contributed by atoms with Crippen molar-refractivity contribution in [2.45, 2.75) is 0 Å². The molecular weight excluding hydrogens is 116 g/mol. The molecule has 2 heteroatoms. The molecule has 0 atom stereocenters. The SMILES string of the molecule is [CH2]c1ccc(O)cc1O. The van der Waals surface area contributed by atoms with Crippen molar-refractivity contribution < 1.29 is 10.2 Å². The first-order valence-electron chi connectivity index (χ1n) is 2.54. The van der Waals surface area contributed by atoms with Crippen molar-refractivity contribution in [2.24, 2.45) is 0 Å². The molecule has 1 aromatic carbocycles. The first-order chi connectivity index (χ1) is 4.20. The van der Waals surface area contributed by atoms with E-state index in [9.17, 15) is 0 Å². The molecule has 1 aromatic rings. The summed E-state index contributed by atoms with van der Waals surface area (Å²) in [6.07, 6.45) is 0. The second-order valence-electron chi connectivity index (χ2n) is 1.81. The highest BCUT2D eigenvalue weighted by Crippen LogP contribution is 2.20. The maximum Gasteiger partial charge on any atom is 0.122 e. The van der Waals surface area contributed by atoms with Crippen LogP contribution >= 0.6 is 0 Å². The highest BCUT2D eigenvalue weighted by molar-refractivity contribution is 5.40. The zero-order valence-corrected chi connectivity index (χ0v) is 4.83. The van der Waals surface area contributed by atoms with Crippen molar-refractivity contribution >= 4 is 0 Å². The predicted octanol–water partition coefficient (Wildman–Crippen LogP) is 1.28. The number of hydrogen-bond acceptors (Lipinski definition) is 2. The van der Waals surface area contributed by atoms with Gasteiger partial charge in [0.1, 0.15) is 11.5 Å². The van der Waals surface area contributed by atoms with Gasteiger partial charge in [-0.1, -0.05) is 6.07 Å². The Kier molecular flexibility index (Phi) is 1.30. The molecule has 0 unspecified atom stereocenters. The van der Waals surface area contributed by atoms with Crippen molar-refractivity contribution in [2.75, 3.05) is 0 Å². The van der Waals surface area contributed by atoms with E-state index in [1.54, 1.807) is 6.07 Å². The maximum atomic E-state index is 8.88. The quantitative estimate of drug-likeness (QED) is 0.545. The van der Waals surface area contributed by atoms with Crippen LogP contribution in [0.25, 0.3) is 0 Å². The minimum absolute atomic E-state index is 0.0231. The zero-order valence-electron chi connectivity index (χ0n) is 4.83. The van der Waals surface area contributed by atoms with Crippen molar-refractivity contribution in [3.63, 3.8) is 0 Å². The van der Waals surface area contributed by atoms with Gasteiger partial charge < -0.3 is 10.2 Å². The van der Waals surface area contributed by atoms with Crippen molar-refractivity contribution in [1.29, 1.82) is 0 Å². The molecule has 1 radical (unpaired) electrons. The Balaban J connectivity index is 3.17. The Morgan fingerprint density at radius 1 is 1.22 bits per heavy atom. The average Bonchev–Trinajstić information content (AvgIpc) is 1.80. The molecule has 1 rings (SSSR count). The molecule has 47 valence electrons. The van der Waals surface area contributed by atoms with Gasteiger partial charge in [-0.3, -0.25) is 0 Å². The topological polar surface area (TPSA) is 40.5 Å². The van der Waals surface area contributed by atoms with Gasteiger partial charge in [-0.15, -0.1) is 0 Å². The van der Waals surface area contributed by atoms with Crippen LogP contribution in [-0.2, 0) is 0 Å². The monoisotopic (exact) mass is 123 g/mol. The van der Waals surface area contributed by atoms with E-state index >= 15 is 0 Å². The van der Waals surface area contributed by atoms with Gasteiger partial charge in [0.05, 0.1) is 0 Å². The van der Waals surface area contributed by atoms with Gasteiger partial charge in [0.15, 0.2) is 0 Å². The Labute approximate surface area is 53.4 Å². The normalized spacial score (nSPS) is 9.44. The Morgan fingerprint density at radius 2 is 1.89 bits per heavy atom. The molecule has 2 N–H and O–H groups in total. The summed E-state index contributed by atoms with van der Waals surface area (Å²) in [5, 5.41) is 17.6. The summed E-state index contributed by atoms with van der Waals surface area (Å²) in [6, 6.07) is 4.27. The van der Waals surface area contributed by atoms with Gasteiger partial charge >= 0.3 is 0 Å². The van der Waals surface area contributed by atoms with E-state index < -0.39 is 0 Å². The highest BCUT2D eigenvalue weighted by Gasteiger charge is 1.93. The summed E-state index contributed by atoms with van der Waals surface area (Å²) in [5.41, 5.74) is 0.521. The van der Waals surface area contributed by atoms with E-state index in [0.29, 0.717) is 5.56 Å². The number of phenols is 2. The largest absolute Gasteiger partial charge is 0.508 e. The Hall–Kier alpha value is -1.18. The summed E-state index contributed by atoms with van der Waals surface area (Å²) >= 11 is 0. The van der Waals surface area contributed by atoms with Crippen LogP contribution in [0.1, 0.15) is 5.56 Å². The molecule has 9 heavy (non-hydrogen) atoms. The molecule has 0 aliphatic carbocycles. The van der Waals surface area contributed by atoms with Crippen LogP contribution in [0.15, 0.2) is 18.2 Å². The molecule has 0 saturated heterocycles. The second kappa shape index (κ2) is 1.97. The van der Waals surface area contributed by atoms with E-state index in [-0.39, 0.29) is 11.5 Å².